The molecule has 2 aromatic carbocycles. The summed E-state index contributed by atoms with van der Waals surface area (Å²) in [5.41, 5.74) is 1.14. The first kappa shape index (κ1) is 17.5. The molecule has 0 aliphatic rings. The number of ether oxygens (including phenoxy) is 1. The molecule has 0 unspecified atom stereocenters. The lowest BCUT2D eigenvalue weighted by Gasteiger charge is -2.08. The number of esters is 1. The zero-order valence-electron chi connectivity index (χ0n) is 13.0. The molecule has 0 spiro atoms. The maximum Gasteiger partial charge on any atom is 0.416 e. The first-order valence-corrected chi connectivity index (χ1v) is 7.99. The number of hydrogen-bond acceptors (Lipinski definition) is 3. The van der Waals surface area contributed by atoms with Crippen LogP contribution in [0.25, 0.3) is 10.9 Å². The predicted octanol–water partition coefficient (Wildman–Crippen LogP) is 4.65. The Labute approximate surface area is 149 Å². The monoisotopic (exact) mass is 412 g/mol. The lowest BCUT2D eigenvalue weighted by molar-refractivity contribution is -0.137. The molecule has 0 aliphatic carbocycles. The molecular formula is C17H12BrF3N2O2. The molecule has 0 bridgehead atoms. The van der Waals surface area contributed by atoms with Crippen molar-refractivity contribution in [3.05, 3.63) is 63.8 Å². The topological polar surface area (TPSA) is 44.1 Å². The van der Waals surface area contributed by atoms with Gasteiger partial charge in [0.25, 0.3) is 0 Å². The van der Waals surface area contributed by atoms with Crippen LogP contribution in [0.1, 0.15) is 21.5 Å². The van der Waals surface area contributed by atoms with Crippen LogP contribution in [0, 0.1) is 0 Å². The summed E-state index contributed by atoms with van der Waals surface area (Å²) in [5.74, 6) is -0.454. The second kappa shape index (κ2) is 6.51. The van der Waals surface area contributed by atoms with Crippen molar-refractivity contribution in [2.45, 2.75) is 12.7 Å². The minimum absolute atomic E-state index is 0.303. The average molecular weight is 413 g/mol. The van der Waals surface area contributed by atoms with E-state index in [-0.39, 0.29) is 0 Å². The fourth-order valence-corrected chi connectivity index (χ4v) is 2.99. The summed E-state index contributed by atoms with van der Waals surface area (Å²) in [6.07, 6.45) is -4.36. The molecule has 0 atom stereocenters. The minimum Gasteiger partial charge on any atom is -0.465 e. The third-order valence-electron chi connectivity index (χ3n) is 3.74. The molecule has 0 saturated heterocycles. The lowest BCUT2D eigenvalue weighted by Crippen LogP contribution is -2.06. The molecule has 3 rings (SSSR count). The second-order valence-electron chi connectivity index (χ2n) is 5.37. The number of alkyl halides is 3. The van der Waals surface area contributed by atoms with Gasteiger partial charge in [-0.25, -0.2) is 4.79 Å². The fourth-order valence-electron chi connectivity index (χ4n) is 2.48. The number of aromatic nitrogens is 2. The molecular weight excluding hydrogens is 401 g/mol. The number of halogens is 4. The van der Waals surface area contributed by atoms with Crippen LogP contribution in [-0.4, -0.2) is 22.9 Å². The summed E-state index contributed by atoms with van der Waals surface area (Å²) in [7, 11) is 1.30. The minimum atomic E-state index is -4.36. The van der Waals surface area contributed by atoms with Crippen LogP contribution in [-0.2, 0) is 17.5 Å². The number of carbonyl (C=O) groups excluding carboxylic acids is 1. The van der Waals surface area contributed by atoms with E-state index in [0.29, 0.717) is 22.3 Å². The van der Waals surface area contributed by atoms with E-state index < -0.39 is 17.7 Å². The molecule has 0 fully saturated rings. The molecule has 3 aromatic rings. The maximum absolute atomic E-state index is 12.6. The van der Waals surface area contributed by atoms with Crippen LogP contribution < -0.4 is 0 Å². The highest BCUT2D eigenvalue weighted by Crippen LogP contribution is 2.30. The van der Waals surface area contributed by atoms with Crippen molar-refractivity contribution in [2.75, 3.05) is 7.11 Å². The predicted molar refractivity (Wildman–Crippen MR) is 89.3 cm³/mol. The number of hydrogen-bond donors (Lipinski definition) is 0. The number of fused-ring (bicyclic) bond motifs is 1. The molecule has 1 heterocycles. The van der Waals surface area contributed by atoms with Crippen molar-refractivity contribution in [3.63, 3.8) is 0 Å². The number of methoxy groups -OCH3 is 1. The highest BCUT2D eigenvalue weighted by atomic mass is 79.9. The molecule has 0 aliphatic heterocycles. The summed E-state index contributed by atoms with van der Waals surface area (Å²) in [4.78, 5) is 11.6. The SMILES string of the molecule is COC(=O)c1ccc2c(c1)c(Br)nn2Cc1ccc(C(F)(F)F)cc1. The van der Waals surface area contributed by atoms with E-state index in [2.05, 4.69) is 21.0 Å². The van der Waals surface area contributed by atoms with Gasteiger partial charge in [0.1, 0.15) is 4.60 Å². The molecule has 130 valence electrons. The average Bonchev–Trinajstić information content (AvgIpc) is 2.89. The number of rotatable bonds is 3. The van der Waals surface area contributed by atoms with Crippen molar-refractivity contribution >= 4 is 32.8 Å². The van der Waals surface area contributed by atoms with Crippen LogP contribution in [0.3, 0.4) is 0 Å². The smallest absolute Gasteiger partial charge is 0.416 e. The molecule has 1 aromatic heterocycles. The highest BCUT2D eigenvalue weighted by molar-refractivity contribution is 9.10. The van der Waals surface area contributed by atoms with Gasteiger partial charge in [-0.15, -0.1) is 0 Å². The molecule has 0 amide bonds. The largest absolute Gasteiger partial charge is 0.465 e. The summed E-state index contributed by atoms with van der Waals surface area (Å²) >= 11 is 3.34. The van der Waals surface area contributed by atoms with Gasteiger partial charge in [-0.1, -0.05) is 12.1 Å². The van der Waals surface area contributed by atoms with Gasteiger partial charge in [-0.2, -0.15) is 18.3 Å². The first-order chi connectivity index (χ1) is 11.8. The Kier molecular flexibility index (Phi) is 4.55. The van der Waals surface area contributed by atoms with Gasteiger partial charge in [0, 0.05) is 5.39 Å². The van der Waals surface area contributed by atoms with Crippen LogP contribution in [0.2, 0.25) is 0 Å². The van der Waals surface area contributed by atoms with E-state index in [4.69, 9.17) is 4.74 Å². The Balaban J connectivity index is 1.93. The Morgan fingerprint density at radius 3 is 2.48 bits per heavy atom. The normalized spacial score (nSPS) is 11.7. The van der Waals surface area contributed by atoms with Crippen molar-refractivity contribution in [1.82, 2.24) is 9.78 Å². The Bertz CT molecular complexity index is 933. The quantitative estimate of drug-likeness (QED) is 0.588. The molecule has 8 heteroatoms. The van der Waals surface area contributed by atoms with Gasteiger partial charge < -0.3 is 4.74 Å². The third kappa shape index (κ3) is 3.53. The number of benzene rings is 2. The van der Waals surface area contributed by atoms with Gasteiger partial charge in [0.05, 0.1) is 30.3 Å². The maximum atomic E-state index is 12.6. The summed E-state index contributed by atoms with van der Waals surface area (Å²) in [5, 5.41) is 5.06. The van der Waals surface area contributed by atoms with Gasteiger partial charge in [-0.05, 0) is 51.8 Å². The van der Waals surface area contributed by atoms with Crippen LogP contribution in [0.15, 0.2) is 47.1 Å². The zero-order chi connectivity index (χ0) is 18.2. The van der Waals surface area contributed by atoms with E-state index in [1.807, 2.05) is 0 Å². The summed E-state index contributed by atoms with van der Waals surface area (Å²) < 4.78 is 44.8. The molecule has 0 radical (unpaired) electrons. The standard InChI is InChI=1S/C17H12BrF3N2O2/c1-25-16(24)11-4-7-14-13(8-11)15(18)22-23(14)9-10-2-5-12(6-3-10)17(19,20)21/h2-8H,9H2,1H3. The summed E-state index contributed by atoms with van der Waals surface area (Å²) in [6.45, 7) is 0.303. The molecule has 25 heavy (non-hydrogen) atoms. The van der Waals surface area contributed by atoms with Gasteiger partial charge in [-0.3, -0.25) is 4.68 Å². The second-order valence-corrected chi connectivity index (χ2v) is 6.12. The van der Waals surface area contributed by atoms with E-state index in [0.717, 1.165) is 23.0 Å². The van der Waals surface area contributed by atoms with Crippen LogP contribution >= 0.6 is 15.9 Å². The number of carbonyl (C=O) groups is 1. The fraction of sp³-hybridized carbons (Fsp3) is 0.176. The van der Waals surface area contributed by atoms with Crippen LogP contribution in [0.4, 0.5) is 13.2 Å². The Hall–Kier alpha value is -2.35. The van der Waals surface area contributed by atoms with Gasteiger partial charge >= 0.3 is 12.1 Å². The van der Waals surface area contributed by atoms with Crippen molar-refractivity contribution < 1.29 is 22.7 Å². The van der Waals surface area contributed by atoms with Crippen molar-refractivity contribution in [3.8, 4) is 0 Å². The van der Waals surface area contributed by atoms with Crippen molar-refractivity contribution in [1.29, 1.82) is 0 Å². The first-order valence-electron chi connectivity index (χ1n) is 7.20. The zero-order valence-corrected chi connectivity index (χ0v) is 14.6. The van der Waals surface area contributed by atoms with Gasteiger partial charge in [0.2, 0.25) is 0 Å². The molecule has 4 nitrogen and oxygen atoms in total. The van der Waals surface area contributed by atoms with E-state index in [9.17, 15) is 18.0 Å². The summed E-state index contributed by atoms with van der Waals surface area (Å²) in [6, 6.07) is 9.94. The Morgan fingerprint density at radius 1 is 1.20 bits per heavy atom. The molecule has 0 saturated carbocycles. The molecule has 0 N–H and O–H groups in total. The van der Waals surface area contributed by atoms with E-state index in [1.54, 1.807) is 22.9 Å². The van der Waals surface area contributed by atoms with E-state index >= 15 is 0 Å². The third-order valence-corrected chi connectivity index (χ3v) is 4.33. The van der Waals surface area contributed by atoms with Gasteiger partial charge in [0.15, 0.2) is 0 Å². The Morgan fingerprint density at radius 2 is 1.88 bits per heavy atom. The van der Waals surface area contributed by atoms with Crippen LogP contribution in [0.5, 0.6) is 0 Å². The van der Waals surface area contributed by atoms with E-state index in [1.165, 1.54) is 19.2 Å². The van der Waals surface area contributed by atoms with Crippen molar-refractivity contribution in [2.24, 2.45) is 0 Å². The highest BCUT2D eigenvalue weighted by Gasteiger charge is 2.29. The number of nitrogens with zero attached hydrogens (tertiary/aromatic N) is 2. The lowest BCUT2D eigenvalue weighted by atomic mass is 10.1.